The highest BCUT2D eigenvalue weighted by molar-refractivity contribution is 8.02. The normalized spacial score (nSPS) is 18.9. The molecule has 0 aliphatic carbocycles. The Morgan fingerprint density at radius 3 is 2.84 bits per heavy atom. The average Bonchev–Trinajstić information content (AvgIpc) is 3.51. The van der Waals surface area contributed by atoms with Crippen LogP contribution in [0.2, 0.25) is 0 Å². The van der Waals surface area contributed by atoms with E-state index in [-0.39, 0.29) is 12.5 Å². The van der Waals surface area contributed by atoms with Crippen LogP contribution in [0.1, 0.15) is 18.5 Å². The van der Waals surface area contributed by atoms with Gasteiger partial charge in [0.05, 0.1) is 31.2 Å². The van der Waals surface area contributed by atoms with E-state index < -0.39 is 10.8 Å². The minimum atomic E-state index is -1.03. The third-order valence-electron chi connectivity index (χ3n) is 5.53. The van der Waals surface area contributed by atoms with Gasteiger partial charge in [-0.2, -0.15) is 0 Å². The second-order valence-electron chi connectivity index (χ2n) is 7.37. The lowest BCUT2D eigenvalue weighted by atomic mass is 10.2. The molecule has 1 amide bonds. The Hall–Kier alpha value is -3.04. The van der Waals surface area contributed by atoms with E-state index in [0.29, 0.717) is 30.0 Å². The zero-order valence-corrected chi connectivity index (χ0v) is 19.1. The van der Waals surface area contributed by atoms with Crippen LogP contribution >= 0.6 is 23.1 Å². The molecule has 9 heteroatoms. The van der Waals surface area contributed by atoms with Crippen LogP contribution in [0.5, 0.6) is 11.5 Å². The van der Waals surface area contributed by atoms with Gasteiger partial charge in [0.2, 0.25) is 5.91 Å². The molecule has 7 nitrogen and oxygen atoms in total. The van der Waals surface area contributed by atoms with Gasteiger partial charge < -0.3 is 14.2 Å². The van der Waals surface area contributed by atoms with E-state index in [1.807, 2.05) is 41.8 Å². The fraction of sp³-hybridized carbons (Fsp3) is 0.261. The first-order valence-corrected chi connectivity index (χ1v) is 11.7. The highest BCUT2D eigenvalue weighted by atomic mass is 32.2. The summed E-state index contributed by atoms with van der Waals surface area (Å²) in [5.41, 5.74) is 2.26. The molecule has 164 valence electrons. The van der Waals surface area contributed by atoms with Crippen molar-refractivity contribution in [1.29, 1.82) is 0 Å². The van der Waals surface area contributed by atoms with Gasteiger partial charge in [-0.3, -0.25) is 9.69 Å². The van der Waals surface area contributed by atoms with Gasteiger partial charge in [0.15, 0.2) is 4.87 Å². The molecule has 3 heterocycles. The molecule has 32 heavy (non-hydrogen) atoms. The number of carbonyl (C=O) groups is 2. The number of hydrogen-bond donors (Lipinski definition) is 0. The maximum atomic E-state index is 13.2. The number of esters is 1. The van der Waals surface area contributed by atoms with Gasteiger partial charge in [-0.1, -0.05) is 23.9 Å². The van der Waals surface area contributed by atoms with E-state index in [0.717, 1.165) is 21.2 Å². The molecule has 1 saturated heterocycles. The van der Waals surface area contributed by atoms with Crippen LogP contribution in [0.4, 0.5) is 5.69 Å². The summed E-state index contributed by atoms with van der Waals surface area (Å²) in [7, 11) is 3.20. The van der Waals surface area contributed by atoms with E-state index in [1.54, 1.807) is 25.2 Å². The topological polar surface area (TPSA) is 78.0 Å². The van der Waals surface area contributed by atoms with Crippen molar-refractivity contribution >= 4 is 40.7 Å². The number of benzene rings is 2. The summed E-state index contributed by atoms with van der Waals surface area (Å²) in [6, 6.07) is 13.1. The van der Waals surface area contributed by atoms with Crippen LogP contribution in [-0.2, 0) is 20.9 Å². The predicted molar refractivity (Wildman–Crippen MR) is 122 cm³/mol. The molecule has 0 bridgehead atoms. The molecule has 2 aliphatic heterocycles. The molecule has 2 aromatic carbocycles. The van der Waals surface area contributed by atoms with Crippen LogP contribution in [0.3, 0.4) is 0 Å². The Morgan fingerprint density at radius 1 is 1.19 bits per heavy atom. The Balaban J connectivity index is 1.33. The number of rotatable bonds is 6. The Bertz CT molecular complexity index is 1210. The highest BCUT2D eigenvalue weighted by Gasteiger charge is 2.58. The van der Waals surface area contributed by atoms with E-state index >= 15 is 0 Å². The Morgan fingerprint density at radius 2 is 2.03 bits per heavy atom. The first-order chi connectivity index (χ1) is 15.6. The van der Waals surface area contributed by atoms with Crippen LogP contribution in [0.15, 0.2) is 52.7 Å². The van der Waals surface area contributed by atoms with Crippen LogP contribution in [0.25, 0.3) is 10.6 Å². The fourth-order valence-corrected chi connectivity index (χ4v) is 6.24. The second-order valence-corrected chi connectivity index (χ2v) is 9.55. The fourth-order valence-electron chi connectivity index (χ4n) is 4.00. The Kier molecular flexibility index (Phi) is 5.30. The number of carbonyl (C=O) groups excluding carboxylic acids is 2. The number of amides is 1. The van der Waals surface area contributed by atoms with Crippen molar-refractivity contribution in [1.82, 2.24) is 4.98 Å². The summed E-state index contributed by atoms with van der Waals surface area (Å²) in [5.74, 6) is 0.880. The van der Waals surface area contributed by atoms with E-state index in [2.05, 4.69) is 4.98 Å². The van der Waals surface area contributed by atoms with Gasteiger partial charge >= 0.3 is 5.97 Å². The number of aromatic nitrogens is 1. The minimum Gasteiger partial charge on any atom is -0.497 e. The summed E-state index contributed by atoms with van der Waals surface area (Å²) >= 11 is 2.84. The third-order valence-corrected chi connectivity index (χ3v) is 7.91. The smallest absolute Gasteiger partial charge is 0.343 e. The molecule has 0 saturated carbocycles. The van der Waals surface area contributed by atoms with Crippen LogP contribution in [-0.4, -0.2) is 36.0 Å². The van der Waals surface area contributed by atoms with Crippen LogP contribution in [0, 0.1) is 0 Å². The molecule has 0 unspecified atom stereocenters. The molecular formula is C23H20N2O5S2. The van der Waals surface area contributed by atoms with Crippen molar-refractivity contribution in [2.45, 2.75) is 29.2 Å². The highest BCUT2D eigenvalue weighted by Crippen LogP contribution is 2.56. The number of thioether (sulfide) groups is 1. The van der Waals surface area contributed by atoms with Crippen molar-refractivity contribution in [2.75, 3.05) is 19.1 Å². The van der Waals surface area contributed by atoms with E-state index in [4.69, 9.17) is 14.2 Å². The van der Waals surface area contributed by atoms with Gasteiger partial charge in [0.1, 0.15) is 23.1 Å². The van der Waals surface area contributed by atoms with Crippen LogP contribution < -0.4 is 14.4 Å². The molecule has 5 rings (SSSR count). The average molecular weight is 469 g/mol. The number of nitrogens with zero attached hydrogens (tertiary/aromatic N) is 2. The predicted octanol–water partition coefficient (Wildman–Crippen LogP) is 4.50. The molecule has 1 aromatic heterocycles. The molecule has 1 fully saturated rings. The summed E-state index contributed by atoms with van der Waals surface area (Å²) in [4.78, 5) is 31.8. The van der Waals surface area contributed by atoms with Gasteiger partial charge in [0, 0.05) is 29.2 Å². The second kappa shape index (κ2) is 8.14. The van der Waals surface area contributed by atoms with Crippen molar-refractivity contribution in [3.63, 3.8) is 0 Å². The monoisotopic (exact) mass is 468 g/mol. The molecule has 0 radical (unpaired) electrons. The molecule has 0 N–H and O–H groups in total. The third kappa shape index (κ3) is 3.32. The first-order valence-electron chi connectivity index (χ1n) is 10.0. The molecule has 3 aromatic rings. The van der Waals surface area contributed by atoms with Gasteiger partial charge in [-0.25, -0.2) is 9.78 Å². The number of ether oxygens (including phenoxy) is 3. The first kappa shape index (κ1) is 20.8. The maximum absolute atomic E-state index is 13.2. The number of anilines is 1. The van der Waals surface area contributed by atoms with Gasteiger partial charge in [0.25, 0.3) is 0 Å². The standard InChI is InChI=1S/C23H20N2O5S2/c1-28-15-7-8-16(18(11-15)29-2)21-24-14(13-31-21)12-30-22(27)23-10-9-20(26)25(23)17-5-3-4-6-19(17)32-23/h3-8,11,13H,9-10,12H2,1-2H3/t23-/m0/s1. The SMILES string of the molecule is COc1ccc(-c2nc(COC(=O)[C@@]34CCC(=O)N3c3ccccc3S4)cs2)c(OC)c1. The Labute approximate surface area is 193 Å². The summed E-state index contributed by atoms with van der Waals surface area (Å²) < 4.78 is 16.4. The van der Waals surface area contributed by atoms with Crippen molar-refractivity contribution in [2.24, 2.45) is 0 Å². The van der Waals surface area contributed by atoms with E-state index in [9.17, 15) is 9.59 Å². The molecule has 2 aliphatic rings. The van der Waals surface area contributed by atoms with Crippen molar-refractivity contribution in [3.8, 4) is 22.1 Å². The van der Waals surface area contributed by atoms with Gasteiger partial charge in [-0.15, -0.1) is 11.3 Å². The number of thiazole rings is 1. The summed E-state index contributed by atoms with van der Waals surface area (Å²) in [6.07, 6.45) is 0.754. The number of fused-ring (bicyclic) bond motifs is 3. The molecule has 0 spiro atoms. The lowest BCUT2D eigenvalue weighted by Gasteiger charge is -2.28. The quantitative estimate of drug-likeness (QED) is 0.493. The largest absolute Gasteiger partial charge is 0.497 e. The van der Waals surface area contributed by atoms with Gasteiger partial charge in [-0.05, 0) is 24.3 Å². The lowest BCUT2D eigenvalue weighted by Crippen LogP contribution is -2.47. The maximum Gasteiger partial charge on any atom is 0.343 e. The van der Waals surface area contributed by atoms with Crippen molar-refractivity contribution in [3.05, 3.63) is 53.5 Å². The van der Waals surface area contributed by atoms with E-state index in [1.165, 1.54) is 23.1 Å². The summed E-state index contributed by atoms with van der Waals surface area (Å²) in [6.45, 7) is 0.0362. The number of hydrogen-bond acceptors (Lipinski definition) is 8. The molecular weight excluding hydrogens is 448 g/mol. The number of methoxy groups -OCH3 is 2. The minimum absolute atomic E-state index is 0.0362. The zero-order valence-electron chi connectivity index (χ0n) is 17.5. The van der Waals surface area contributed by atoms with Crippen molar-refractivity contribution < 1.29 is 23.8 Å². The molecule has 1 atom stereocenters. The summed E-state index contributed by atoms with van der Waals surface area (Å²) in [5, 5.41) is 2.62. The zero-order chi connectivity index (χ0) is 22.3. The lowest BCUT2D eigenvalue weighted by molar-refractivity contribution is -0.148. The number of para-hydroxylation sites is 1.